The first-order valence-electron chi connectivity index (χ1n) is 31.4. The van der Waals surface area contributed by atoms with Crippen LogP contribution in [0.3, 0.4) is 0 Å². The van der Waals surface area contributed by atoms with Crippen molar-refractivity contribution in [3.8, 4) is 22.3 Å². The van der Waals surface area contributed by atoms with Gasteiger partial charge in [0.1, 0.15) is 5.58 Å². The fraction of sp³-hybridized carbons (Fsp3) is 0.375. The summed E-state index contributed by atoms with van der Waals surface area (Å²) in [7, 11) is 0. The van der Waals surface area contributed by atoms with Crippen molar-refractivity contribution in [1.82, 2.24) is 0 Å². The van der Waals surface area contributed by atoms with Gasteiger partial charge in [0.05, 0.1) is 17.0 Å². The second kappa shape index (κ2) is 20.0. The zero-order valence-corrected chi connectivity index (χ0v) is 54.0. The Morgan fingerprint density at radius 2 is 0.964 bits per heavy atom. The second-order valence-corrected chi connectivity index (χ2v) is 31.2. The van der Waals surface area contributed by atoms with Gasteiger partial charge in [0.2, 0.25) is 0 Å². The third-order valence-electron chi connectivity index (χ3n) is 20.1. The van der Waals surface area contributed by atoms with E-state index >= 15 is 0 Å². The Morgan fingerprint density at radius 1 is 0.476 bits per heavy atom. The van der Waals surface area contributed by atoms with Crippen molar-refractivity contribution in [2.75, 3.05) is 9.80 Å². The molecule has 0 saturated heterocycles. The van der Waals surface area contributed by atoms with Gasteiger partial charge in [-0.1, -0.05) is 245 Å². The number of hydrogen-bond donors (Lipinski definition) is 0. The number of rotatable bonds is 7. The summed E-state index contributed by atoms with van der Waals surface area (Å²) in [5.74, 6) is 0. The van der Waals surface area contributed by atoms with E-state index in [0.717, 1.165) is 51.5 Å². The highest BCUT2D eigenvalue weighted by atomic mass is 16.3. The van der Waals surface area contributed by atoms with E-state index in [1.54, 1.807) is 5.56 Å². The highest BCUT2D eigenvalue weighted by Crippen LogP contribution is 2.60. The lowest BCUT2D eigenvalue weighted by atomic mass is 9.35. The molecular formula is C80H91BN2O. The van der Waals surface area contributed by atoms with Gasteiger partial charge in [-0.05, 0) is 180 Å². The number of hydrogen-bond acceptors (Lipinski definition) is 3. The first-order valence-corrected chi connectivity index (χ1v) is 31.4. The van der Waals surface area contributed by atoms with Crippen molar-refractivity contribution in [1.29, 1.82) is 0 Å². The Labute approximate surface area is 505 Å². The molecule has 1 aromatic heterocycles. The van der Waals surface area contributed by atoms with Gasteiger partial charge in [0.15, 0.2) is 0 Å². The molecule has 9 aromatic rings. The second-order valence-electron chi connectivity index (χ2n) is 31.2. The molecule has 0 bridgehead atoms. The summed E-state index contributed by atoms with van der Waals surface area (Å²) in [6.45, 7) is 42.6. The average Bonchev–Trinajstić information content (AvgIpc) is 1.66. The number of nitrogens with zero attached hydrogens (tertiary/aromatic N) is 2. The molecule has 2 aliphatic carbocycles. The summed E-state index contributed by atoms with van der Waals surface area (Å²) in [5.41, 5.74) is 27.0. The quantitative estimate of drug-likeness (QED) is 0.148. The van der Waals surface area contributed by atoms with Crippen LogP contribution in [0.15, 0.2) is 168 Å². The molecule has 2 heterocycles. The number of anilines is 6. The molecule has 84 heavy (non-hydrogen) atoms. The number of furan rings is 1. The van der Waals surface area contributed by atoms with E-state index in [9.17, 15) is 0 Å². The van der Waals surface area contributed by atoms with Crippen molar-refractivity contribution in [3.05, 3.63) is 208 Å². The van der Waals surface area contributed by atoms with Crippen LogP contribution >= 0.6 is 0 Å². The van der Waals surface area contributed by atoms with Crippen LogP contribution in [0, 0.1) is 12.3 Å². The van der Waals surface area contributed by atoms with Gasteiger partial charge < -0.3 is 14.2 Å². The van der Waals surface area contributed by atoms with Crippen LogP contribution in [-0.2, 0) is 38.9 Å². The van der Waals surface area contributed by atoms with Crippen LogP contribution < -0.4 is 26.4 Å². The van der Waals surface area contributed by atoms with Crippen molar-refractivity contribution in [3.63, 3.8) is 0 Å². The molecule has 3 aliphatic rings. The van der Waals surface area contributed by atoms with Gasteiger partial charge >= 0.3 is 0 Å². The molecular weight excluding hydrogens is 1020 g/mol. The van der Waals surface area contributed by atoms with Gasteiger partial charge in [-0.15, -0.1) is 0 Å². The third kappa shape index (κ3) is 9.76. The largest absolute Gasteiger partial charge is 0.468 e. The highest BCUT2D eigenvalue weighted by Gasteiger charge is 2.55. The van der Waals surface area contributed by atoms with Crippen molar-refractivity contribution >= 4 is 68.4 Å². The predicted molar refractivity (Wildman–Crippen MR) is 363 cm³/mol. The van der Waals surface area contributed by atoms with Gasteiger partial charge in [-0.3, -0.25) is 0 Å². The fourth-order valence-corrected chi connectivity index (χ4v) is 14.7. The van der Waals surface area contributed by atoms with E-state index in [0.29, 0.717) is 0 Å². The summed E-state index contributed by atoms with van der Waals surface area (Å²) >= 11 is 0. The molecule has 8 aromatic carbocycles. The standard InChI is InChI=1S/C80H91BN2O/c1-51-43-61(82(59-36-31-54(32-37-59)74(2,3)4)60-38-33-55(34-39-60)75(5,6)7)49-68-70(51)81(67-47-58(78(14,15)16)46-66-65(67)50-79(17)41-25-26-42-80(66,79)18)73-72(62-40-35-56(76(8,9)10)48-69(62)84-73)83(68)71-63(52-27-21-19-22-28-52)44-57(77(11,12)13)45-64(71)53-29-23-20-24-30-53/h19-24,27-40,43-49H,25-26,41-42,50H2,1-18H3. The van der Waals surface area contributed by atoms with E-state index in [-0.39, 0.29) is 44.6 Å². The van der Waals surface area contributed by atoms with Crippen LogP contribution in [0.1, 0.15) is 188 Å². The maximum atomic E-state index is 7.92. The van der Waals surface area contributed by atoms with Gasteiger partial charge in [-0.2, -0.15) is 0 Å². The average molecular weight is 1110 g/mol. The minimum Gasteiger partial charge on any atom is -0.468 e. The predicted octanol–water partition coefficient (Wildman–Crippen LogP) is 20.7. The zero-order chi connectivity index (χ0) is 59.8. The Bertz CT molecular complexity index is 3860. The van der Waals surface area contributed by atoms with E-state index in [2.05, 4.69) is 298 Å². The normalized spacial score (nSPS) is 18.2. The molecule has 0 radical (unpaired) electrons. The van der Waals surface area contributed by atoms with Crippen LogP contribution in [0.4, 0.5) is 34.1 Å². The zero-order valence-electron chi connectivity index (χ0n) is 54.0. The summed E-state index contributed by atoms with van der Waals surface area (Å²) in [6, 6.07) is 63.6. The smallest absolute Gasteiger partial charge is 0.293 e. The number of aryl methyl sites for hydroxylation is 1. The summed E-state index contributed by atoms with van der Waals surface area (Å²) in [6.07, 6.45) is 6.06. The lowest BCUT2D eigenvalue weighted by molar-refractivity contribution is 0.109. The molecule has 3 nitrogen and oxygen atoms in total. The number of benzene rings is 8. The Hall–Kier alpha value is -7.04. The Morgan fingerprint density at radius 3 is 1.48 bits per heavy atom. The van der Waals surface area contributed by atoms with Crippen molar-refractivity contribution in [2.24, 2.45) is 5.41 Å². The molecule has 12 rings (SSSR count). The minimum atomic E-state index is -0.214. The van der Waals surface area contributed by atoms with Gasteiger partial charge in [0, 0.05) is 39.3 Å². The molecule has 2 unspecified atom stereocenters. The van der Waals surface area contributed by atoms with E-state index < -0.39 is 0 Å². The topological polar surface area (TPSA) is 19.6 Å². The van der Waals surface area contributed by atoms with E-state index in [4.69, 9.17) is 4.42 Å². The Balaban J connectivity index is 1.27. The fourth-order valence-electron chi connectivity index (χ4n) is 14.7. The highest BCUT2D eigenvalue weighted by molar-refractivity contribution is 6.98. The maximum Gasteiger partial charge on any atom is 0.293 e. The molecule has 1 aliphatic heterocycles. The summed E-state index contributed by atoms with van der Waals surface area (Å²) in [5, 5.41) is 1.12. The molecule has 0 spiro atoms. The van der Waals surface area contributed by atoms with Gasteiger partial charge in [0.25, 0.3) is 6.71 Å². The lowest BCUT2D eigenvalue weighted by Crippen LogP contribution is -2.59. The molecule has 2 atom stereocenters. The molecule has 1 saturated carbocycles. The lowest BCUT2D eigenvalue weighted by Gasteiger charge is -2.46. The first-order chi connectivity index (χ1) is 39.4. The van der Waals surface area contributed by atoms with Crippen LogP contribution in [0.25, 0.3) is 33.2 Å². The molecule has 4 heteroatoms. The van der Waals surface area contributed by atoms with Crippen molar-refractivity contribution in [2.45, 2.75) is 189 Å². The third-order valence-corrected chi connectivity index (χ3v) is 20.1. The summed E-state index contributed by atoms with van der Waals surface area (Å²) in [4.78, 5) is 5.21. The minimum absolute atomic E-state index is 0.000903. The van der Waals surface area contributed by atoms with E-state index in [1.165, 1.54) is 103 Å². The summed E-state index contributed by atoms with van der Waals surface area (Å²) < 4.78 is 7.92. The van der Waals surface area contributed by atoms with Crippen molar-refractivity contribution < 1.29 is 4.42 Å². The Kier molecular flexibility index (Phi) is 13.7. The van der Waals surface area contributed by atoms with Crippen LogP contribution in [0.5, 0.6) is 0 Å². The first kappa shape index (κ1) is 57.4. The molecule has 0 amide bonds. The van der Waals surface area contributed by atoms with Crippen LogP contribution in [-0.4, -0.2) is 6.71 Å². The SMILES string of the molecule is Cc1cc(N(c2ccc(C(C)(C)C)cc2)c2ccc(C(C)(C)C)cc2)cc2c1B(c1cc(C(C)(C)C)cc3c1CC1(C)CCCCC31C)c1oc3cc(C(C)(C)C)ccc3c1N2c1c(-c2ccccc2)cc(C(C)(C)C)cc1-c1ccccc1. The molecule has 430 valence electrons. The van der Waals surface area contributed by atoms with Crippen LogP contribution in [0.2, 0.25) is 0 Å². The number of fused-ring (bicyclic) bond motifs is 7. The molecule has 1 fully saturated rings. The molecule has 0 N–H and O–H groups in total. The van der Waals surface area contributed by atoms with Gasteiger partial charge in [-0.25, -0.2) is 0 Å². The van der Waals surface area contributed by atoms with E-state index in [1.807, 2.05) is 0 Å². The maximum absolute atomic E-state index is 7.92. The monoisotopic (exact) mass is 1110 g/mol.